The van der Waals surface area contributed by atoms with Crippen molar-refractivity contribution in [3.8, 4) is 0 Å². The lowest BCUT2D eigenvalue weighted by molar-refractivity contribution is 0.109. The molecule has 0 bridgehead atoms. The maximum Gasteiger partial charge on any atom is 0.0591 e. The van der Waals surface area contributed by atoms with Crippen molar-refractivity contribution in [2.24, 2.45) is 0 Å². The van der Waals surface area contributed by atoms with Gasteiger partial charge in [0.1, 0.15) is 0 Å². The van der Waals surface area contributed by atoms with Gasteiger partial charge in [-0.2, -0.15) is 0 Å². The largest absolute Gasteiger partial charge is 0.379 e. The van der Waals surface area contributed by atoms with Crippen molar-refractivity contribution in [1.29, 1.82) is 0 Å². The van der Waals surface area contributed by atoms with E-state index in [9.17, 15) is 0 Å². The Balaban J connectivity index is 0.000000493. The molecule has 1 N–H and O–H groups in total. The van der Waals surface area contributed by atoms with Crippen LogP contribution in [0.4, 0.5) is 0 Å². The molecule has 0 spiro atoms. The molecule has 0 radical (unpaired) electrons. The summed E-state index contributed by atoms with van der Waals surface area (Å²) in [6, 6.07) is 0. The zero-order valence-electron chi connectivity index (χ0n) is 13.6. The minimum absolute atomic E-state index is 0.844. The number of ether oxygens (including phenoxy) is 1. The summed E-state index contributed by atoms with van der Waals surface area (Å²) in [4.78, 5) is 0. The van der Waals surface area contributed by atoms with E-state index in [1.165, 1.54) is 70.6 Å². The highest BCUT2D eigenvalue weighted by molar-refractivity contribution is 6.17. The molecule has 1 rings (SSSR count). The van der Waals surface area contributed by atoms with Crippen molar-refractivity contribution < 1.29 is 4.74 Å². The Hall–Kier alpha value is 0.210. The molecule has 1 saturated heterocycles. The highest BCUT2D eigenvalue weighted by Crippen LogP contribution is 2.11. The number of unbranched alkanes of at least 4 members (excludes halogenated alkanes) is 10. The Labute approximate surface area is 132 Å². The second kappa shape index (κ2) is 19.2. The first kappa shape index (κ1) is 20.2. The van der Waals surface area contributed by atoms with Crippen molar-refractivity contribution in [1.82, 2.24) is 5.32 Å². The zero-order chi connectivity index (χ0) is 14.7. The van der Waals surface area contributed by atoms with Crippen molar-refractivity contribution in [2.75, 3.05) is 32.2 Å². The van der Waals surface area contributed by atoms with Gasteiger partial charge in [-0.25, -0.2) is 0 Å². The van der Waals surface area contributed by atoms with Gasteiger partial charge in [-0.3, -0.25) is 0 Å². The molecule has 0 atom stereocenters. The molecule has 1 aliphatic rings. The quantitative estimate of drug-likeness (QED) is 0.421. The maximum absolute atomic E-state index is 5.61. The summed E-state index contributed by atoms with van der Waals surface area (Å²) in [5.74, 6) is 0.844. The van der Waals surface area contributed by atoms with E-state index in [0.29, 0.717) is 0 Å². The van der Waals surface area contributed by atoms with Gasteiger partial charge in [0.05, 0.1) is 13.2 Å². The molecule has 122 valence electrons. The second-order valence-corrected chi connectivity index (χ2v) is 5.96. The van der Waals surface area contributed by atoms with Crippen LogP contribution < -0.4 is 5.32 Å². The molecule has 0 unspecified atom stereocenters. The molecule has 1 heterocycles. The minimum atomic E-state index is 0.844. The number of nitrogens with one attached hydrogen (secondary N) is 1. The minimum Gasteiger partial charge on any atom is -0.379 e. The fraction of sp³-hybridized carbons (Fsp3) is 1.00. The Kier molecular flexibility index (Phi) is 19.4. The third-order valence-corrected chi connectivity index (χ3v) is 3.85. The van der Waals surface area contributed by atoms with E-state index in [-0.39, 0.29) is 0 Å². The van der Waals surface area contributed by atoms with E-state index < -0.39 is 0 Å². The lowest BCUT2D eigenvalue weighted by Crippen LogP contribution is -2.30. The summed E-state index contributed by atoms with van der Waals surface area (Å²) >= 11 is 5.61. The van der Waals surface area contributed by atoms with E-state index in [1.54, 1.807) is 0 Å². The van der Waals surface area contributed by atoms with Crippen LogP contribution in [0.15, 0.2) is 0 Å². The van der Waals surface area contributed by atoms with Crippen LogP contribution >= 0.6 is 11.6 Å². The molecular formula is C17H36ClNO. The fourth-order valence-electron chi connectivity index (χ4n) is 2.27. The predicted octanol–water partition coefficient (Wildman–Crippen LogP) is 5.14. The lowest BCUT2D eigenvalue weighted by atomic mass is 10.1. The molecule has 0 aromatic heterocycles. The van der Waals surface area contributed by atoms with Gasteiger partial charge in [0, 0.05) is 19.0 Å². The van der Waals surface area contributed by atoms with Crippen molar-refractivity contribution in [3.05, 3.63) is 0 Å². The molecule has 0 aliphatic carbocycles. The van der Waals surface area contributed by atoms with Crippen molar-refractivity contribution >= 4 is 11.6 Å². The molecule has 0 aromatic carbocycles. The SMILES string of the molecule is C1COCCN1.CCCCCCCCCCCCCCl. The van der Waals surface area contributed by atoms with Gasteiger partial charge >= 0.3 is 0 Å². The maximum atomic E-state index is 5.61. The normalized spacial score (nSPS) is 14.7. The summed E-state index contributed by atoms with van der Waals surface area (Å²) in [5, 5.41) is 3.16. The van der Waals surface area contributed by atoms with Crippen LogP contribution in [0, 0.1) is 0 Å². The first-order valence-electron chi connectivity index (χ1n) is 8.76. The fourth-order valence-corrected chi connectivity index (χ4v) is 2.46. The van der Waals surface area contributed by atoms with E-state index in [2.05, 4.69) is 12.2 Å². The van der Waals surface area contributed by atoms with Gasteiger partial charge in [-0.1, -0.05) is 71.1 Å². The van der Waals surface area contributed by atoms with E-state index in [0.717, 1.165) is 32.2 Å². The second-order valence-electron chi connectivity index (χ2n) is 5.59. The van der Waals surface area contributed by atoms with Crippen LogP contribution in [0.25, 0.3) is 0 Å². The van der Waals surface area contributed by atoms with Crippen LogP contribution in [0.3, 0.4) is 0 Å². The molecular weight excluding hydrogens is 270 g/mol. The molecule has 3 heteroatoms. The Morgan fingerprint density at radius 2 is 1.20 bits per heavy atom. The molecule has 0 amide bonds. The van der Waals surface area contributed by atoms with Crippen LogP contribution in [0.5, 0.6) is 0 Å². The van der Waals surface area contributed by atoms with Crippen LogP contribution in [0.2, 0.25) is 0 Å². The number of halogens is 1. The van der Waals surface area contributed by atoms with Crippen LogP contribution in [0.1, 0.15) is 77.6 Å². The van der Waals surface area contributed by atoms with Gasteiger partial charge in [0.15, 0.2) is 0 Å². The number of hydrogen-bond donors (Lipinski definition) is 1. The standard InChI is InChI=1S/C13H27Cl.C4H9NO/c1-2-3-4-5-6-7-8-9-10-11-12-13-14;1-3-6-4-2-5-1/h2-13H2,1H3;5H,1-4H2. The molecule has 20 heavy (non-hydrogen) atoms. The van der Waals surface area contributed by atoms with Gasteiger partial charge in [-0.05, 0) is 6.42 Å². The number of hydrogen-bond acceptors (Lipinski definition) is 2. The summed E-state index contributed by atoms with van der Waals surface area (Å²) in [6.07, 6.45) is 15.4. The van der Waals surface area contributed by atoms with Gasteiger partial charge in [-0.15, -0.1) is 11.6 Å². The topological polar surface area (TPSA) is 21.3 Å². The van der Waals surface area contributed by atoms with E-state index in [4.69, 9.17) is 16.3 Å². The Bertz CT molecular complexity index is 140. The number of alkyl halides is 1. The molecule has 0 aromatic rings. The van der Waals surface area contributed by atoms with Gasteiger partial charge in [0.2, 0.25) is 0 Å². The molecule has 0 saturated carbocycles. The Morgan fingerprint density at radius 1 is 0.750 bits per heavy atom. The average Bonchev–Trinajstić information content (AvgIpc) is 2.52. The average molecular weight is 306 g/mol. The molecule has 2 nitrogen and oxygen atoms in total. The first-order chi connectivity index (χ1) is 9.91. The molecule has 1 aliphatic heterocycles. The summed E-state index contributed by atoms with van der Waals surface area (Å²) in [5.41, 5.74) is 0. The zero-order valence-corrected chi connectivity index (χ0v) is 14.4. The Morgan fingerprint density at radius 3 is 1.50 bits per heavy atom. The molecule has 1 fully saturated rings. The van der Waals surface area contributed by atoms with E-state index >= 15 is 0 Å². The van der Waals surface area contributed by atoms with Crippen LogP contribution in [-0.2, 0) is 4.74 Å². The van der Waals surface area contributed by atoms with Crippen LogP contribution in [-0.4, -0.2) is 32.2 Å². The lowest BCUT2D eigenvalue weighted by Gasteiger charge is -2.10. The highest BCUT2D eigenvalue weighted by atomic mass is 35.5. The van der Waals surface area contributed by atoms with E-state index in [1.807, 2.05) is 0 Å². The number of rotatable bonds is 11. The number of morpholine rings is 1. The predicted molar refractivity (Wildman–Crippen MR) is 90.9 cm³/mol. The summed E-state index contributed by atoms with van der Waals surface area (Å²) < 4.78 is 5.01. The summed E-state index contributed by atoms with van der Waals surface area (Å²) in [6.45, 7) is 6.11. The first-order valence-corrected chi connectivity index (χ1v) is 9.29. The third kappa shape index (κ3) is 18.2. The van der Waals surface area contributed by atoms with Gasteiger partial charge < -0.3 is 10.1 Å². The third-order valence-electron chi connectivity index (χ3n) is 3.58. The smallest absolute Gasteiger partial charge is 0.0591 e. The highest BCUT2D eigenvalue weighted by Gasteiger charge is 1.93. The van der Waals surface area contributed by atoms with Crippen molar-refractivity contribution in [2.45, 2.75) is 77.6 Å². The van der Waals surface area contributed by atoms with Gasteiger partial charge in [0.25, 0.3) is 0 Å². The monoisotopic (exact) mass is 305 g/mol. The summed E-state index contributed by atoms with van der Waals surface area (Å²) in [7, 11) is 0. The van der Waals surface area contributed by atoms with Crippen molar-refractivity contribution in [3.63, 3.8) is 0 Å².